The molecule has 0 N–H and O–H groups in total. The van der Waals surface area contributed by atoms with Crippen molar-refractivity contribution in [2.75, 3.05) is 13.2 Å². The normalized spacial score (nSPS) is 10.5. The van der Waals surface area contributed by atoms with Gasteiger partial charge in [-0.15, -0.1) is 0 Å². The standard InChI is InChI=1S/C16H28O4.2C4H9.Sn/c1-3-5-7-9-13-19-15(17)11-12-16(18)20-14-10-8-6-4-2;2*1-3-4-2;/h11-12H,3-10,13-14H2,1-2H3;2*1,3-4H2,2H3;. The van der Waals surface area contributed by atoms with Gasteiger partial charge in [0.05, 0.1) is 13.2 Å². The summed E-state index contributed by atoms with van der Waals surface area (Å²) in [6, 6.07) is 0. The van der Waals surface area contributed by atoms with Gasteiger partial charge in [0.2, 0.25) is 0 Å². The zero-order valence-electron chi connectivity index (χ0n) is 19.6. The number of esters is 2. The molecule has 0 spiro atoms. The Labute approximate surface area is 190 Å². The summed E-state index contributed by atoms with van der Waals surface area (Å²) in [6.07, 6.45) is 16.6. The molecule has 0 unspecified atom stereocenters. The van der Waals surface area contributed by atoms with Gasteiger partial charge in [-0.1, -0.05) is 52.4 Å². The summed E-state index contributed by atoms with van der Waals surface area (Å²) in [5.41, 5.74) is 0. The van der Waals surface area contributed by atoms with Crippen LogP contribution < -0.4 is 0 Å². The fraction of sp³-hybridized carbons (Fsp3) is 0.833. The van der Waals surface area contributed by atoms with Crippen LogP contribution in [-0.2, 0) is 19.1 Å². The molecule has 0 aromatic rings. The monoisotopic (exact) mass is 518 g/mol. The zero-order valence-corrected chi connectivity index (χ0v) is 22.5. The summed E-state index contributed by atoms with van der Waals surface area (Å²) < 4.78 is 13.2. The third-order valence-corrected chi connectivity index (χ3v) is 8.29. The number of carbonyl (C=O) groups excluding carboxylic acids is 2. The van der Waals surface area contributed by atoms with Gasteiger partial charge in [0, 0.05) is 12.2 Å². The van der Waals surface area contributed by atoms with E-state index in [1.807, 2.05) is 0 Å². The van der Waals surface area contributed by atoms with Gasteiger partial charge < -0.3 is 9.47 Å². The van der Waals surface area contributed by atoms with Crippen molar-refractivity contribution in [2.45, 2.75) is 114 Å². The average molecular weight is 517 g/mol. The van der Waals surface area contributed by atoms with Crippen molar-refractivity contribution >= 4 is 33.1 Å². The van der Waals surface area contributed by atoms with Crippen molar-refractivity contribution in [3.05, 3.63) is 12.2 Å². The van der Waals surface area contributed by atoms with Gasteiger partial charge in [0.25, 0.3) is 0 Å². The van der Waals surface area contributed by atoms with E-state index in [9.17, 15) is 9.59 Å². The van der Waals surface area contributed by atoms with E-state index in [2.05, 4.69) is 27.7 Å². The van der Waals surface area contributed by atoms with E-state index < -0.39 is 11.9 Å². The fourth-order valence-electron chi connectivity index (χ4n) is 2.36. The summed E-state index contributed by atoms with van der Waals surface area (Å²) >= 11 is 0.149. The molecule has 0 rings (SSSR count). The topological polar surface area (TPSA) is 52.6 Å². The molecule has 0 aliphatic carbocycles. The molecule has 0 aliphatic heterocycles. The molecule has 0 aromatic carbocycles. The first kappa shape index (κ1) is 30.7. The third-order valence-electron chi connectivity index (χ3n) is 4.25. The van der Waals surface area contributed by atoms with E-state index in [1.54, 1.807) is 8.87 Å². The van der Waals surface area contributed by atoms with Gasteiger partial charge in [0.1, 0.15) is 0 Å². The molecule has 170 valence electrons. The summed E-state index contributed by atoms with van der Waals surface area (Å²) in [5.74, 6) is -0.964. The van der Waals surface area contributed by atoms with Crippen LogP contribution >= 0.6 is 0 Å². The number of carbonyl (C=O) groups is 2. The molecular weight excluding hydrogens is 471 g/mol. The molecule has 0 bridgehead atoms. The maximum absolute atomic E-state index is 11.3. The molecule has 0 amide bonds. The molecule has 2 radical (unpaired) electrons. The van der Waals surface area contributed by atoms with Crippen molar-refractivity contribution in [3.63, 3.8) is 0 Å². The van der Waals surface area contributed by atoms with Crippen LogP contribution in [0.15, 0.2) is 12.2 Å². The summed E-state index contributed by atoms with van der Waals surface area (Å²) in [6.45, 7) is 9.66. The van der Waals surface area contributed by atoms with E-state index in [0.29, 0.717) is 13.2 Å². The molecular formula is C24H46O4Sn. The summed E-state index contributed by atoms with van der Waals surface area (Å²) in [5, 5.41) is 0. The Kier molecular flexibility index (Phi) is 29.1. The minimum atomic E-state index is -0.482. The van der Waals surface area contributed by atoms with E-state index in [-0.39, 0.29) is 21.1 Å². The summed E-state index contributed by atoms with van der Waals surface area (Å²) in [4.78, 5) is 22.6. The quantitative estimate of drug-likeness (QED) is 0.0858. The summed E-state index contributed by atoms with van der Waals surface area (Å²) in [7, 11) is 0. The van der Waals surface area contributed by atoms with Crippen LogP contribution in [0.1, 0.15) is 105 Å². The van der Waals surface area contributed by atoms with Gasteiger partial charge in [-0.2, -0.15) is 0 Å². The first-order chi connectivity index (χ1) is 14.1. The van der Waals surface area contributed by atoms with Crippen LogP contribution in [0.5, 0.6) is 0 Å². The molecule has 0 heterocycles. The second-order valence-corrected chi connectivity index (χ2v) is 11.5. The number of unbranched alkanes of at least 4 members (excludes halogenated alkanes) is 8. The van der Waals surface area contributed by atoms with Crippen LogP contribution in [0.25, 0.3) is 0 Å². The van der Waals surface area contributed by atoms with E-state index in [4.69, 9.17) is 9.47 Å². The Balaban J connectivity index is 0. The molecule has 0 aromatic heterocycles. The average Bonchev–Trinajstić information content (AvgIpc) is 2.72. The fourth-order valence-corrected chi connectivity index (χ4v) is 6.52. The Morgan fingerprint density at radius 2 is 0.966 bits per heavy atom. The van der Waals surface area contributed by atoms with Gasteiger partial charge >= 0.3 is 81.5 Å². The van der Waals surface area contributed by atoms with Crippen LogP contribution in [0.2, 0.25) is 8.87 Å². The predicted molar refractivity (Wildman–Crippen MR) is 125 cm³/mol. The van der Waals surface area contributed by atoms with Crippen LogP contribution in [-0.4, -0.2) is 46.3 Å². The van der Waals surface area contributed by atoms with Crippen LogP contribution in [0.4, 0.5) is 0 Å². The van der Waals surface area contributed by atoms with Crippen LogP contribution in [0.3, 0.4) is 0 Å². The van der Waals surface area contributed by atoms with Gasteiger partial charge in [-0.25, -0.2) is 9.59 Å². The van der Waals surface area contributed by atoms with Crippen LogP contribution in [0, 0.1) is 0 Å². The maximum atomic E-state index is 11.3. The van der Waals surface area contributed by atoms with Gasteiger partial charge in [-0.3, -0.25) is 0 Å². The number of rotatable bonds is 18. The minimum absolute atomic E-state index is 0.149. The third kappa shape index (κ3) is 29.8. The van der Waals surface area contributed by atoms with Crippen molar-refractivity contribution in [2.24, 2.45) is 0 Å². The van der Waals surface area contributed by atoms with Crippen molar-refractivity contribution in [1.29, 1.82) is 0 Å². The van der Waals surface area contributed by atoms with Gasteiger partial charge in [0.15, 0.2) is 0 Å². The molecule has 5 heteroatoms. The second kappa shape index (κ2) is 27.5. The van der Waals surface area contributed by atoms with Gasteiger partial charge in [-0.05, 0) is 12.8 Å². The Hall–Kier alpha value is -0.521. The molecule has 0 atom stereocenters. The van der Waals surface area contributed by atoms with E-state index >= 15 is 0 Å². The number of ether oxygens (including phenoxy) is 2. The molecule has 0 aliphatic rings. The Bertz CT molecular complexity index is 349. The first-order valence-corrected chi connectivity index (χ1v) is 15.9. The molecule has 0 fully saturated rings. The number of hydrogen-bond donors (Lipinski definition) is 0. The molecule has 0 saturated heterocycles. The number of hydrogen-bond acceptors (Lipinski definition) is 4. The molecule has 4 nitrogen and oxygen atoms in total. The second-order valence-electron chi connectivity index (χ2n) is 7.25. The first-order valence-electron chi connectivity index (χ1n) is 11.8. The molecule has 0 saturated carbocycles. The van der Waals surface area contributed by atoms with Crippen molar-refractivity contribution in [3.8, 4) is 0 Å². The Morgan fingerprint density at radius 3 is 1.31 bits per heavy atom. The zero-order chi connectivity index (χ0) is 22.0. The predicted octanol–water partition coefficient (Wildman–Crippen LogP) is 6.92. The SMILES string of the molecule is CCCCCCOC(=O)C=CC(=O)OCCCCCC.CCC[CH2][Sn][CH2]CCC. The van der Waals surface area contributed by atoms with E-state index in [1.165, 1.54) is 25.7 Å². The van der Waals surface area contributed by atoms with Crippen molar-refractivity contribution in [1.82, 2.24) is 0 Å². The van der Waals surface area contributed by atoms with E-state index in [0.717, 1.165) is 63.5 Å². The molecule has 29 heavy (non-hydrogen) atoms. The Morgan fingerprint density at radius 1 is 0.586 bits per heavy atom. The van der Waals surface area contributed by atoms with Crippen molar-refractivity contribution < 1.29 is 19.1 Å².